The molecular weight excluding hydrogens is 431 g/mol. The van der Waals surface area contributed by atoms with Crippen LogP contribution in [0, 0.1) is 5.82 Å². The molecule has 1 atom stereocenters. The number of fused-ring (bicyclic) bond motifs is 2. The Bertz CT molecular complexity index is 1370. The van der Waals surface area contributed by atoms with Crippen LogP contribution in [0.1, 0.15) is 40.4 Å². The first-order valence-electron chi connectivity index (χ1n) is 11.3. The fourth-order valence-electron chi connectivity index (χ4n) is 4.46. The number of para-hydroxylation sites is 1. The van der Waals surface area contributed by atoms with E-state index in [1.165, 1.54) is 17.7 Å². The summed E-state index contributed by atoms with van der Waals surface area (Å²) in [5.41, 5.74) is 4.48. The number of carbonyl (C=O) groups excluding carboxylic acids is 2. The van der Waals surface area contributed by atoms with E-state index < -0.39 is 5.97 Å². The van der Waals surface area contributed by atoms with Crippen molar-refractivity contribution < 1.29 is 18.7 Å². The van der Waals surface area contributed by atoms with Crippen molar-refractivity contribution in [1.82, 2.24) is 10.3 Å². The van der Waals surface area contributed by atoms with E-state index in [1.54, 1.807) is 30.3 Å². The zero-order valence-corrected chi connectivity index (χ0v) is 18.5. The number of aryl methyl sites for hydroxylation is 1. The van der Waals surface area contributed by atoms with Crippen LogP contribution in [0.3, 0.4) is 0 Å². The standard InChI is InChI=1S/C28H23FN2O3/c29-20-14-12-19(13-15-20)26-16-23(22-9-3-4-10-25(22)30-26)28(33)34-17-27(32)31-24-11-5-7-18-6-1-2-8-21(18)24/h1-4,6,8-10,12-16,24H,5,7,11,17H2,(H,31,32). The highest BCUT2D eigenvalue weighted by atomic mass is 19.1. The monoisotopic (exact) mass is 454 g/mol. The first-order chi connectivity index (χ1) is 16.6. The molecule has 0 saturated heterocycles. The minimum absolute atomic E-state index is 0.0806. The van der Waals surface area contributed by atoms with Crippen LogP contribution < -0.4 is 5.32 Å². The summed E-state index contributed by atoms with van der Waals surface area (Å²) in [6.45, 7) is -0.375. The van der Waals surface area contributed by atoms with Crippen molar-refractivity contribution in [3.8, 4) is 11.3 Å². The molecule has 5 rings (SSSR count). The maximum absolute atomic E-state index is 13.4. The maximum Gasteiger partial charge on any atom is 0.339 e. The van der Waals surface area contributed by atoms with Gasteiger partial charge in [-0.15, -0.1) is 0 Å². The van der Waals surface area contributed by atoms with Crippen molar-refractivity contribution in [1.29, 1.82) is 0 Å². The highest BCUT2D eigenvalue weighted by Gasteiger charge is 2.22. The Morgan fingerprint density at radius 3 is 2.62 bits per heavy atom. The quantitative estimate of drug-likeness (QED) is 0.411. The molecule has 1 amide bonds. The lowest BCUT2D eigenvalue weighted by atomic mass is 9.88. The summed E-state index contributed by atoms with van der Waals surface area (Å²) in [5.74, 6) is -1.30. The average Bonchev–Trinajstić information content (AvgIpc) is 2.87. The predicted octanol–water partition coefficient (Wildman–Crippen LogP) is 5.39. The molecule has 1 aliphatic carbocycles. The molecule has 0 saturated carbocycles. The van der Waals surface area contributed by atoms with Crippen LogP contribution in [-0.4, -0.2) is 23.5 Å². The minimum Gasteiger partial charge on any atom is -0.452 e. The Hall–Kier alpha value is -4.06. The number of hydrogen-bond acceptors (Lipinski definition) is 4. The Kier molecular flexibility index (Phi) is 6.04. The van der Waals surface area contributed by atoms with Crippen LogP contribution in [-0.2, 0) is 16.0 Å². The predicted molar refractivity (Wildman–Crippen MR) is 128 cm³/mol. The topological polar surface area (TPSA) is 68.3 Å². The van der Waals surface area contributed by atoms with Gasteiger partial charge in [-0.3, -0.25) is 4.79 Å². The molecule has 0 bridgehead atoms. The summed E-state index contributed by atoms with van der Waals surface area (Å²) >= 11 is 0. The molecule has 1 unspecified atom stereocenters. The van der Waals surface area contributed by atoms with Crippen LogP contribution in [0.15, 0.2) is 78.9 Å². The third-order valence-electron chi connectivity index (χ3n) is 6.12. The van der Waals surface area contributed by atoms with Crippen LogP contribution in [0.4, 0.5) is 4.39 Å². The number of pyridine rings is 1. The fourth-order valence-corrected chi connectivity index (χ4v) is 4.46. The van der Waals surface area contributed by atoms with Gasteiger partial charge >= 0.3 is 5.97 Å². The molecule has 3 aromatic carbocycles. The van der Waals surface area contributed by atoms with Gasteiger partial charge in [0.25, 0.3) is 5.91 Å². The number of aromatic nitrogens is 1. The maximum atomic E-state index is 13.4. The van der Waals surface area contributed by atoms with E-state index in [0.29, 0.717) is 27.7 Å². The van der Waals surface area contributed by atoms with Gasteiger partial charge in [-0.25, -0.2) is 14.2 Å². The normalized spacial score (nSPS) is 14.9. The molecule has 1 aromatic heterocycles. The zero-order valence-electron chi connectivity index (χ0n) is 18.5. The Balaban J connectivity index is 1.33. The summed E-state index contributed by atoms with van der Waals surface area (Å²) < 4.78 is 18.8. The van der Waals surface area contributed by atoms with Crippen molar-refractivity contribution in [2.24, 2.45) is 0 Å². The van der Waals surface area contributed by atoms with Crippen molar-refractivity contribution >= 4 is 22.8 Å². The van der Waals surface area contributed by atoms with E-state index in [-0.39, 0.29) is 24.4 Å². The molecule has 0 radical (unpaired) electrons. The van der Waals surface area contributed by atoms with Gasteiger partial charge in [-0.1, -0.05) is 42.5 Å². The lowest BCUT2D eigenvalue weighted by Gasteiger charge is -2.26. The van der Waals surface area contributed by atoms with Crippen LogP contribution in [0.5, 0.6) is 0 Å². The summed E-state index contributed by atoms with van der Waals surface area (Å²) in [4.78, 5) is 30.2. The second kappa shape index (κ2) is 9.43. The number of rotatable bonds is 5. The first-order valence-corrected chi connectivity index (χ1v) is 11.3. The number of carbonyl (C=O) groups is 2. The molecule has 0 spiro atoms. The van der Waals surface area contributed by atoms with Crippen LogP contribution in [0.25, 0.3) is 22.2 Å². The van der Waals surface area contributed by atoms with Crippen LogP contribution >= 0.6 is 0 Å². The molecule has 170 valence electrons. The van der Waals surface area contributed by atoms with E-state index in [0.717, 1.165) is 24.8 Å². The number of esters is 1. The number of benzene rings is 3. The van der Waals surface area contributed by atoms with Crippen molar-refractivity contribution in [3.05, 3.63) is 101 Å². The minimum atomic E-state index is -0.610. The summed E-state index contributed by atoms with van der Waals surface area (Å²) in [7, 11) is 0. The van der Waals surface area contributed by atoms with Crippen LogP contribution in [0.2, 0.25) is 0 Å². The molecule has 4 aromatic rings. The Morgan fingerprint density at radius 2 is 1.76 bits per heavy atom. The average molecular weight is 455 g/mol. The number of nitrogens with one attached hydrogen (secondary N) is 1. The van der Waals surface area contributed by atoms with E-state index in [2.05, 4.69) is 16.4 Å². The molecule has 0 aliphatic heterocycles. The number of ether oxygens (including phenoxy) is 1. The van der Waals surface area contributed by atoms with E-state index in [4.69, 9.17) is 4.74 Å². The zero-order chi connectivity index (χ0) is 23.5. The molecule has 6 heteroatoms. The van der Waals surface area contributed by atoms with Crippen molar-refractivity contribution in [2.75, 3.05) is 6.61 Å². The van der Waals surface area contributed by atoms with E-state index >= 15 is 0 Å². The third kappa shape index (κ3) is 4.53. The molecule has 1 aliphatic rings. The number of amides is 1. The SMILES string of the molecule is O=C(COC(=O)c1cc(-c2ccc(F)cc2)nc2ccccc12)NC1CCCc2ccccc21. The molecule has 1 N–H and O–H groups in total. The van der Waals surface area contributed by atoms with Gasteiger partial charge in [0.05, 0.1) is 22.8 Å². The van der Waals surface area contributed by atoms with Crippen molar-refractivity contribution in [2.45, 2.75) is 25.3 Å². The van der Waals surface area contributed by atoms with Gasteiger partial charge < -0.3 is 10.1 Å². The Morgan fingerprint density at radius 1 is 1.00 bits per heavy atom. The molecular formula is C28H23FN2O3. The lowest BCUT2D eigenvalue weighted by Crippen LogP contribution is -2.34. The highest BCUT2D eigenvalue weighted by molar-refractivity contribution is 6.05. The molecule has 0 fully saturated rings. The van der Waals surface area contributed by atoms with Gasteiger partial charge in [0, 0.05) is 10.9 Å². The molecule has 34 heavy (non-hydrogen) atoms. The van der Waals surface area contributed by atoms with Gasteiger partial charge in [-0.05, 0) is 66.8 Å². The Labute approximate surface area is 196 Å². The first kappa shape index (κ1) is 21.8. The number of hydrogen-bond donors (Lipinski definition) is 1. The van der Waals surface area contributed by atoms with E-state index in [9.17, 15) is 14.0 Å². The second-order valence-corrected chi connectivity index (χ2v) is 8.37. The van der Waals surface area contributed by atoms with Gasteiger partial charge in [-0.2, -0.15) is 0 Å². The van der Waals surface area contributed by atoms with Gasteiger partial charge in [0.15, 0.2) is 6.61 Å². The number of nitrogens with zero attached hydrogens (tertiary/aromatic N) is 1. The van der Waals surface area contributed by atoms with E-state index in [1.807, 2.05) is 30.3 Å². The van der Waals surface area contributed by atoms with Gasteiger partial charge in [0.2, 0.25) is 0 Å². The lowest BCUT2D eigenvalue weighted by molar-refractivity contribution is -0.125. The summed E-state index contributed by atoms with van der Waals surface area (Å²) in [6.07, 6.45) is 2.85. The fraction of sp³-hybridized carbons (Fsp3) is 0.179. The third-order valence-corrected chi connectivity index (χ3v) is 6.12. The second-order valence-electron chi connectivity index (χ2n) is 8.37. The summed E-state index contributed by atoms with van der Waals surface area (Å²) in [5, 5.41) is 3.62. The highest BCUT2D eigenvalue weighted by Crippen LogP contribution is 2.29. The molecule has 5 nitrogen and oxygen atoms in total. The summed E-state index contributed by atoms with van der Waals surface area (Å²) in [6, 6.07) is 22.8. The smallest absolute Gasteiger partial charge is 0.339 e. The van der Waals surface area contributed by atoms with Crippen molar-refractivity contribution in [3.63, 3.8) is 0 Å². The number of halogens is 1. The largest absolute Gasteiger partial charge is 0.452 e. The molecule has 1 heterocycles. The van der Waals surface area contributed by atoms with Gasteiger partial charge in [0.1, 0.15) is 5.82 Å².